The van der Waals surface area contributed by atoms with Gasteiger partial charge >= 0.3 is 0 Å². The van der Waals surface area contributed by atoms with Crippen molar-refractivity contribution in [3.05, 3.63) is 94.7 Å². The first-order chi connectivity index (χ1) is 24.0. The van der Waals surface area contributed by atoms with Gasteiger partial charge in [0.2, 0.25) is 11.8 Å². The molecule has 6 heteroatoms. The summed E-state index contributed by atoms with van der Waals surface area (Å²) in [5, 5.41) is 6.38. The maximum absolute atomic E-state index is 12.8. The highest BCUT2D eigenvalue weighted by atomic mass is 16.2. The first-order valence-corrected chi connectivity index (χ1v) is 19.5. The Hall–Kier alpha value is -3.22. The molecule has 272 valence electrons. The Balaban J connectivity index is 1.10. The van der Waals surface area contributed by atoms with Crippen molar-refractivity contribution in [1.29, 1.82) is 0 Å². The molecule has 0 radical (unpaired) electrons. The Kier molecular flexibility index (Phi) is 13.5. The van der Waals surface area contributed by atoms with Crippen molar-refractivity contribution in [2.75, 3.05) is 39.3 Å². The summed E-state index contributed by atoms with van der Waals surface area (Å²) in [6, 6.07) is 1.34. The summed E-state index contributed by atoms with van der Waals surface area (Å²) in [5.74, 6) is 1.56. The third-order valence-corrected chi connectivity index (χ3v) is 12.2. The lowest BCUT2D eigenvalue weighted by Crippen LogP contribution is -2.35. The molecular formula is C44H64N4O2. The minimum atomic E-state index is 0.0132. The largest absolute Gasteiger partial charge is 0.352 e. The van der Waals surface area contributed by atoms with Crippen molar-refractivity contribution in [1.82, 2.24) is 20.4 Å². The Morgan fingerprint density at radius 3 is 1.86 bits per heavy atom. The molecule has 6 atom stereocenters. The van der Waals surface area contributed by atoms with Crippen molar-refractivity contribution in [3.8, 4) is 0 Å². The van der Waals surface area contributed by atoms with Gasteiger partial charge in [0.25, 0.3) is 0 Å². The van der Waals surface area contributed by atoms with E-state index in [-0.39, 0.29) is 17.2 Å². The van der Waals surface area contributed by atoms with E-state index in [1.54, 1.807) is 0 Å². The number of rotatable bonds is 13. The van der Waals surface area contributed by atoms with Crippen LogP contribution in [0, 0.1) is 23.2 Å². The van der Waals surface area contributed by atoms with E-state index in [1.165, 1.54) is 75.9 Å². The molecule has 4 saturated heterocycles. The smallest absolute Gasteiger partial charge is 0.246 e. The average Bonchev–Trinajstić information content (AvgIpc) is 3.89. The number of carbonyl (C=O) groups excluding carboxylic acids is 2. The molecule has 2 amide bonds. The van der Waals surface area contributed by atoms with Crippen molar-refractivity contribution in [3.63, 3.8) is 0 Å². The number of hydrogen-bond acceptors (Lipinski definition) is 4. The zero-order valence-corrected chi connectivity index (χ0v) is 31.8. The number of fused-ring (bicyclic) bond motifs is 2. The summed E-state index contributed by atoms with van der Waals surface area (Å²) in [6.07, 6.45) is 33.3. The molecule has 4 aliphatic heterocycles. The molecule has 5 rings (SSSR count). The van der Waals surface area contributed by atoms with Gasteiger partial charge < -0.3 is 20.4 Å². The second-order valence-electron chi connectivity index (χ2n) is 16.2. The number of carbonyl (C=O) groups is 2. The Morgan fingerprint density at radius 2 is 1.30 bits per heavy atom. The molecule has 6 nitrogen and oxygen atoms in total. The first kappa shape index (κ1) is 38.0. The van der Waals surface area contributed by atoms with Gasteiger partial charge in [0.1, 0.15) is 0 Å². The second kappa shape index (κ2) is 17.8. The van der Waals surface area contributed by atoms with Crippen LogP contribution in [0.25, 0.3) is 0 Å². The summed E-state index contributed by atoms with van der Waals surface area (Å²) in [4.78, 5) is 30.7. The van der Waals surface area contributed by atoms with Crippen LogP contribution in [-0.2, 0) is 9.59 Å². The number of amides is 2. The van der Waals surface area contributed by atoms with Gasteiger partial charge in [0.15, 0.2) is 0 Å². The van der Waals surface area contributed by atoms with Crippen LogP contribution >= 0.6 is 0 Å². The molecule has 0 aromatic heterocycles. The van der Waals surface area contributed by atoms with Gasteiger partial charge in [-0.1, -0.05) is 90.5 Å². The van der Waals surface area contributed by atoms with Gasteiger partial charge in [-0.15, -0.1) is 0 Å². The molecule has 0 spiro atoms. The number of allylic oxidation sites excluding steroid dienone is 14. The van der Waals surface area contributed by atoms with Crippen LogP contribution < -0.4 is 10.6 Å². The fourth-order valence-electron chi connectivity index (χ4n) is 8.88. The molecule has 4 fully saturated rings. The number of hydrogen-bond donors (Lipinski definition) is 2. The van der Waals surface area contributed by atoms with E-state index in [0.29, 0.717) is 29.8 Å². The molecule has 5 aliphatic rings. The van der Waals surface area contributed by atoms with Gasteiger partial charge in [-0.05, 0) is 129 Å². The minimum Gasteiger partial charge on any atom is -0.352 e. The molecule has 1 aliphatic carbocycles. The summed E-state index contributed by atoms with van der Waals surface area (Å²) in [6.45, 7) is 19.0. The van der Waals surface area contributed by atoms with E-state index < -0.39 is 0 Å². The highest BCUT2D eigenvalue weighted by molar-refractivity contribution is 5.93. The van der Waals surface area contributed by atoms with Crippen molar-refractivity contribution in [2.45, 2.75) is 105 Å². The van der Waals surface area contributed by atoms with Crippen molar-refractivity contribution in [2.24, 2.45) is 23.2 Å². The van der Waals surface area contributed by atoms with Crippen LogP contribution in [0.4, 0.5) is 0 Å². The van der Waals surface area contributed by atoms with Gasteiger partial charge in [-0.3, -0.25) is 9.59 Å². The van der Waals surface area contributed by atoms with Crippen LogP contribution in [0.1, 0.15) is 92.9 Å². The number of nitrogens with one attached hydrogen (secondary N) is 2. The Labute approximate surface area is 303 Å². The minimum absolute atomic E-state index is 0.0132. The lowest BCUT2D eigenvalue weighted by Gasteiger charge is -2.36. The lowest BCUT2D eigenvalue weighted by atomic mass is 9.68. The summed E-state index contributed by atoms with van der Waals surface area (Å²) in [5.41, 5.74) is 5.29. The Morgan fingerprint density at radius 1 is 0.760 bits per heavy atom. The summed E-state index contributed by atoms with van der Waals surface area (Å²) < 4.78 is 0. The molecule has 0 saturated carbocycles. The van der Waals surface area contributed by atoms with E-state index in [1.807, 2.05) is 38.2 Å². The fourth-order valence-corrected chi connectivity index (χ4v) is 8.88. The maximum atomic E-state index is 12.8. The quantitative estimate of drug-likeness (QED) is 0.118. The highest BCUT2D eigenvalue weighted by Gasteiger charge is 2.38. The molecular weight excluding hydrogens is 617 g/mol. The SMILES string of the molecule is CC1=C[C@@H](/C=C(C)/C=C/C=C(\C)C(=O)NC[C@@H]2CCN3CCC[C@H]23)[C@](C)(/C=C/C=C(C)/C=C/C=C(\C)C(=O)NC[C@@H]2CCN3CCC[C@H]23)CC1. The normalized spacial score (nSPS) is 31.6. The third kappa shape index (κ3) is 10.2. The van der Waals surface area contributed by atoms with E-state index in [4.69, 9.17) is 0 Å². The van der Waals surface area contributed by atoms with E-state index in [2.05, 4.69) is 90.7 Å². The molecule has 0 aromatic rings. The predicted molar refractivity (Wildman–Crippen MR) is 208 cm³/mol. The molecule has 0 unspecified atom stereocenters. The van der Waals surface area contributed by atoms with E-state index in [9.17, 15) is 9.59 Å². The van der Waals surface area contributed by atoms with Gasteiger partial charge in [-0.2, -0.15) is 0 Å². The van der Waals surface area contributed by atoms with Crippen molar-refractivity contribution >= 4 is 11.8 Å². The first-order valence-electron chi connectivity index (χ1n) is 19.5. The average molecular weight is 681 g/mol. The highest BCUT2D eigenvalue weighted by Crippen LogP contribution is 2.42. The van der Waals surface area contributed by atoms with Crippen LogP contribution in [-0.4, -0.2) is 73.0 Å². The summed E-state index contributed by atoms with van der Waals surface area (Å²) in [7, 11) is 0. The summed E-state index contributed by atoms with van der Waals surface area (Å²) >= 11 is 0. The monoisotopic (exact) mass is 681 g/mol. The molecule has 4 heterocycles. The topological polar surface area (TPSA) is 64.7 Å². The lowest BCUT2D eigenvalue weighted by molar-refractivity contribution is -0.118. The predicted octanol–water partition coefficient (Wildman–Crippen LogP) is 8.00. The Bertz CT molecular complexity index is 1470. The van der Waals surface area contributed by atoms with Gasteiger partial charge in [0, 0.05) is 42.2 Å². The molecule has 50 heavy (non-hydrogen) atoms. The van der Waals surface area contributed by atoms with Crippen LogP contribution in [0.15, 0.2) is 94.7 Å². The van der Waals surface area contributed by atoms with Crippen LogP contribution in [0.5, 0.6) is 0 Å². The fraction of sp³-hybridized carbons (Fsp3) is 0.591. The van der Waals surface area contributed by atoms with Crippen LogP contribution in [0.3, 0.4) is 0 Å². The van der Waals surface area contributed by atoms with Gasteiger partial charge in [-0.25, -0.2) is 0 Å². The second-order valence-corrected chi connectivity index (χ2v) is 16.2. The zero-order chi connectivity index (χ0) is 35.7. The number of nitrogens with zero attached hydrogens (tertiary/aromatic N) is 2. The standard InChI is InChI=1S/C44H64N4O2/c1-32(12-7-15-35(4)42(49)45-30-37-20-26-47-24-10-17-40(37)47)14-9-22-44(6)23-19-34(3)29-39(44)28-33(2)13-8-16-36(5)43(50)46-31-38-21-27-48-25-11-18-41(38)48/h7-9,12-16,22,28-29,37-41H,10-11,17-21,23-27,30-31H2,1-6H3,(H,45,49)(H,46,50)/b12-7+,13-8+,22-9+,32-14+,33-28+,35-15+,36-16+/t37-,38-,39+,40+,41+,44+/m0/s1. The van der Waals surface area contributed by atoms with E-state index in [0.717, 1.165) is 42.7 Å². The maximum Gasteiger partial charge on any atom is 0.246 e. The molecule has 0 bridgehead atoms. The van der Waals surface area contributed by atoms with Crippen LogP contribution in [0.2, 0.25) is 0 Å². The molecule has 0 aromatic carbocycles. The van der Waals surface area contributed by atoms with Gasteiger partial charge in [0.05, 0.1) is 0 Å². The van der Waals surface area contributed by atoms with E-state index >= 15 is 0 Å². The zero-order valence-electron chi connectivity index (χ0n) is 31.8. The van der Waals surface area contributed by atoms with Crippen molar-refractivity contribution < 1.29 is 9.59 Å². The molecule has 2 N–H and O–H groups in total. The third-order valence-electron chi connectivity index (χ3n) is 12.2.